The van der Waals surface area contributed by atoms with Crippen molar-refractivity contribution >= 4 is 11.8 Å². The second-order valence-corrected chi connectivity index (χ2v) is 9.62. The number of rotatable bonds is 3. The summed E-state index contributed by atoms with van der Waals surface area (Å²) in [5, 5.41) is 15.3. The van der Waals surface area contributed by atoms with Crippen molar-refractivity contribution in [3.8, 4) is 5.75 Å². The predicted molar refractivity (Wildman–Crippen MR) is 127 cm³/mol. The second kappa shape index (κ2) is 10.5. The topological polar surface area (TPSA) is 125 Å². The molecule has 1 fully saturated rings. The van der Waals surface area contributed by atoms with Gasteiger partial charge in [0.1, 0.15) is 17.2 Å². The Balaban J connectivity index is 1.36. The predicted octanol–water partition coefficient (Wildman–Crippen LogP) is 2.09. The minimum atomic E-state index is -0.433. The number of amides is 2. The average molecular weight is 495 g/mol. The fourth-order valence-electron chi connectivity index (χ4n) is 4.42. The van der Waals surface area contributed by atoms with E-state index in [9.17, 15) is 9.59 Å². The van der Waals surface area contributed by atoms with Crippen LogP contribution in [0.3, 0.4) is 0 Å². The number of nitrogens with zero attached hydrogens (tertiary/aromatic N) is 5. The lowest BCUT2D eigenvalue weighted by Gasteiger charge is -2.20. The van der Waals surface area contributed by atoms with Gasteiger partial charge in [-0.1, -0.05) is 30.3 Å². The lowest BCUT2D eigenvalue weighted by atomic mass is 10.1. The van der Waals surface area contributed by atoms with E-state index in [1.807, 2.05) is 12.3 Å². The van der Waals surface area contributed by atoms with Crippen LogP contribution in [0.4, 0.5) is 0 Å². The summed E-state index contributed by atoms with van der Waals surface area (Å²) in [6.07, 6.45) is 2.85. The van der Waals surface area contributed by atoms with Gasteiger partial charge in [-0.05, 0) is 24.1 Å². The quantitative estimate of drug-likeness (QED) is 0.587. The molecule has 3 aromatic rings. The fraction of sp³-hybridized carbons (Fsp3) is 0.480. The Hall–Kier alpha value is -3.73. The molecule has 190 valence electrons. The summed E-state index contributed by atoms with van der Waals surface area (Å²) in [7, 11) is 0. The highest BCUT2D eigenvalue weighted by Gasteiger charge is 2.38. The van der Waals surface area contributed by atoms with Crippen molar-refractivity contribution in [1.82, 2.24) is 30.4 Å². The molecule has 0 radical (unpaired) electrons. The number of nitrogens with one attached hydrogen (secondary N) is 1. The van der Waals surface area contributed by atoms with E-state index in [1.54, 1.807) is 33.8 Å². The third-order valence-electron chi connectivity index (χ3n) is 6.19. The lowest BCUT2D eigenvalue weighted by molar-refractivity contribution is 0.0290. The van der Waals surface area contributed by atoms with Crippen LogP contribution in [0.15, 0.2) is 41.1 Å². The Bertz CT molecular complexity index is 1220. The van der Waals surface area contributed by atoms with Crippen LogP contribution in [0.5, 0.6) is 5.75 Å². The van der Waals surface area contributed by atoms with E-state index >= 15 is 0 Å². The van der Waals surface area contributed by atoms with Gasteiger partial charge in [0.05, 0.1) is 31.6 Å². The van der Waals surface area contributed by atoms with Gasteiger partial charge in [-0.15, -0.1) is 5.10 Å². The van der Waals surface area contributed by atoms with Crippen LogP contribution in [0.1, 0.15) is 52.6 Å². The molecule has 2 atom stereocenters. The largest absolute Gasteiger partial charge is 0.494 e. The van der Waals surface area contributed by atoms with E-state index in [1.165, 1.54) is 0 Å². The normalized spacial score (nSPS) is 20.6. The highest BCUT2D eigenvalue weighted by Crippen LogP contribution is 2.21. The van der Waals surface area contributed by atoms with E-state index in [4.69, 9.17) is 14.0 Å². The van der Waals surface area contributed by atoms with Crippen LogP contribution in [0.2, 0.25) is 0 Å². The Labute approximate surface area is 208 Å². The zero-order valence-corrected chi connectivity index (χ0v) is 20.4. The molecule has 1 aromatic carbocycles. The molecule has 4 bridgehead atoms. The minimum Gasteiger partial charge on any atom is -0.494 e. The van der Waals surface area contributed by atoms with E-state index < -0.39 is 12.1 Å². The van der Waals surface area contributed by atoms with Crippen molar-refractivity contribution in [3.05, 3.63) is 59.2 Å². The van der Waals surface area contributed by atoms with Gasteiger partial charge in [-0.25, -0.2) is 0 Å². The number of ether oxygens (including phenoxy) is 2. The molecule has 0 aliphatic carbocycles. The lowest BCUT2D eigenvalue weighted by Crippen LogP contribution is -2.44. The maximum atomic E-state index is 13.2. The van der Waals surface area contributed by atoms with Crippen LogP contribution in [-0.4, -0.2) is 68.7 Å². The van der Waals surface area contributed by atoms with Gasteiger partial charge in [0.15, 0.2) is 5.69 Å². The number of likely N-dealkylation sites (tertiary alicyclic amines) is 1. The Kier molecular flexibility index (Phi) is 6.99. The van der Waals surface area contributed by atoms with Crippen molar-refractivity contribution in [2.24, 2.45) is 5.92 Å². The molecule has 4 heterocycles. The van der Waals surface area contributed by atoms with E-state index in [0.29, 0.717) is 54.8 Å². The molecule has 0 saturated carbocycles. The molecule has 2 aromatic heterocycles. The van der Waals surface area contributed by atoms with E-state index in [0.717, 1.165) is 6.42 Å². The first kappa shape index (κ1) is 24.0. The number of aryl methyl sites for hydroxylation is 1. The zero-order chi connectivity index (χ0) is 25.1. The SMILES string of the molecule is CC(C)Cc1cc(C(=O)N2C[C@@H]3NC(=O)c4cccc(c4)OCCCn4cc(nn4)CO[C@H]3C2)no1. The molecular formula is C25H30N6O5. The van der Waals surface area contributed by atoms with Crippen LogP contribution < -0.4 is 10.1 Å². The summed E-state index contributed by atoms with van der Waals surface area (Å²) < 4.78 is 19.1. The van der Waals surface area contributed by atoms with Crippen molar-refractivity contribution < 1.29 is 23.6 Å². The van der Waals surface area contributed by atoms with Crippen molar-refractivity contribution in [2.45, 2.75) is 52.0 Å². The second-order valence-electron chi connectivity index (χ2n) is 9.62. The van der Waals surface area contributed by atoms with Gasteiger partial charge in [-0.3, -0.25) is 14.3 Å². The molecule has 2 amide bonds. The fourth-order valence-corrected chi connectivity index (χ4v) is 4.42. The van der Waals surface area contributed by atoms with Gasteiger partial charge >= 0.3 is 0 Å². The van der Waals surface area contributed by atoms with Gasteiger partial charge in [-0.2, -0.15) is 0 Å². The summed E-state index contributed by atoms with van der Waals surface area (Å²) in [4.78, 5) is 27.9. The summed E-state index contributed by atoms with van der Waals surface area (Å²) in [5.41, 5.74) is 1.41. The number of fused-ring (bicyclic) bond motifs is 5. The van der Waals surface area contributed by atoms with Crippen molar-refractivity contribution in [1.29, 1.82) is 0 Å². The Morgan fingerprint density at radius 1 is 1.25 bits per heavy atom. The van der Waals surface area contributed by atoms with Crippen LogP contribution in [0, 0.1) is 5.92 Å². The number of benzene rings is 1. The highest BCUT2D eigenvalue weighted by molar-refractivity contribution is 5.95. The number of hydrogen-bond acceptors (Lipinski definition) is 8. The standard InChI is InChI=1S/C25H30N6O5/c1-16(2)9-20-11-21(28-36-20)25(33)30-13-22-23(14-30)35-15-18-12-31(29-27-18)7-4-8-34-19-6-3-5-17(10-19)24(32)26-22/h3,5-6,10-12,16,22-23H,4,7-9,13-15H2,1-2H3,(H,26,32)/t22-,23-/m0/s1. The average Bonchev–Trinajstić information content (AvgIpc) is 3.60. The van der Waals surface area contributed by atoms with E-state index in [-0.39, 0.29) is 30.7 Å². The molecule has 0 unspecified atom stereocenters. The van der Waals surface area contributed by atoms with Crippen molar-refractivity contribution in [3.63, 3.8) is 0 Å². The molecule has 1 saturated heterocycles. The highest BCUT2D eigenvalue weighted by atomic mass is 16.5. The number of aromatic nitrogens is 4. The zero-order valence-electron chi connectivity index (χ0n) is 20.4. The molecular weight excluding hydrogens is 464 g/mol. The summed E-state index contributed by atoms with van der Waals surface area (Å²) in [6, 6.07) is 8.33. The molecule has 5 rings (SSSR count). The number of hydrogen-bond donors (Lipinski definition) is 1. The molecule has 1 N–H and O–H groups in total. The third-order valence-corrected chi connectivity index (χ3v) is 6.19. The Morgan fingerprint density at radius 3 is 3.00 bits per heavy atom. The van der Waals surface area contributed by atoms with Gasteiger partial charge in [0.25, 0.3) is 11.8 Å². The molecule has 11 nitrogen and oxygen atoms in total. The molecule has 0 spiro atoms. The number of carbonyl (C=O) groups excluding carboxylic acids is 2. The van der Waals surface area contributed by atoms with Crippen LogP contribution >= 0.6 is 0 Å². The first-order chi connectivity index (χ1) is 17.4. The van der Waals surface area contributed by atoms with E-state index in [2.05, 4.69) is 34.6 Å². The maximum absolute atomic E-state index is 13.2. The smallest absolute Gasteiger partial charge is 0.276 e. The van der Waals surface area contributed by atoms with Gasteiger partial charge in [0.2, 0.25) is 0 Å². The summed E-state index contributed by atoms with van der Waals surface area (Å²) >= 11 is 0. The van der Waals surface area contributed by atoms with Crippen LogP contribution in [-0.2, 0) is 24.3 Å². The third kappa shape index (κ3) is 5.56. The Morgan fingerprint density at radius 2 is 2.14 bits per heavy atom. The minimum absolute atomic E-state index is 0.216. The van der Waals surface area contributed by atoms with Gasteiger partial charge < -0.3 is 24.2 Å². The molecule has 2 aliphatic heterocycles. The maximum Gasteiger partial charge on any atom is 0.276 e. The van der Waals surface area contributed by atoms with Crippen LogP contribution in [0.25, 0.3) is 0 Å². The first-order valence-corrected chi connectivity index (χ1v) is 12.2. The molecule has 36 heavy (non-hydrogen) atoms. The summed E-state index contributed by atoms with van der Waals surface area (Å²) in [6.45, 7) is 6.08. The van der Waals surface area contributed by atoms with Gasteiger partial charge in [0, 0.05) is 44.1 Å². The monoisotopic (exact) mass is 494 g/mol. The molecule has 11 heteroatoms. The molecule has 2 aliphatic rings. The first-order valence-electron chi connectivity index (χ1n) is 12.2. The summed E-state index contributed by atoms with van der Waals surface area (Å²) in [5.74, 6) is 1.16. The number of carbonyl (C=O) groups is 2. The van der Waals surface area contributed by atoms with Crippen molar-refractivity contribution in [2.75, 3.05) is 19.7 Å².